The van der Waals surface area contributed by atoms with E-state index in [-0.39, 0.29) is 0 Å². The van der Waals surface area contributed by atoms with Gasteiger partial charge in [0.2, 0.25) is 0 Å². The molecule has 0 atom stereocenters. The Bertz CT molecular complexity index is 2140. The van der Waals surface area contributed by atoms with Crippen molar-refractivity contribution in [2.45, 2.75) is 0 Å². The van der Waals surface area contributed by atoms with E-state index >= 15 is 0 Å². The highest BCUT2D eigenvalue weighted by molar-refractivity contribution is 9.11. The molecule has 34 heavy (non-hydrogen) atoms. The van der Waals surface area contributed by atoms with Gasteiger partial charge in [0.05, 0.1) is 0 Å². The average molecular weight is 560 g/mol. The van der Waals surface area contributed by atoms with E-state index in [2.05, 4.69) is 129 Å². The SMILES string of the molecule is Brc1c2ccc3ccc(Br)c4c5ccc6ccccc6c5c(c5ccc6ccccc6c15)c2c34. The summed E-state index contributed by atoms with van der Waals surface area (Å²) >= 11 is 7.98. The van der Waals surface area contributed by atoms with Gasteiger partial charge in [0.15, 0.2) is 0 Å². The fourth-order valence-electron chi connectivity index (χ4n) is 6.09. The van der Waals surface area contributed by atoms with Crippen molar-refractivity contribution in [3.05, 3.63) is 106 Å². The van der Waals surface area contributed by atoms with Crippen LogP contribution in [0.2, 0.25) is 0 Å². The zero-order valence-electron chi connectivity index (χ0n) is 18.0. The molecule has 0 fully saturated rings. The molecule has 8 rings (SSSR count). The van der Waals surface area contributed by atoms with Crippen molar-refractivity contribution in [3.63, 3.8) is 0 Å². The van der Waals surface area contributed by atoms with E-state index in [1.807, 2.05) is 0 Å². The van der Waals surface area contributed by atoms with E-state index in [0.29, 0.717) is 0 Å². The molecule has 0 nitrogen and oxygen atoms in total. The summed E-state index contributed by atoms with van der Waals surface area (Å²) in [5.41, 5.74) is 0. The van der Waals surface area contributed by atoms with Gasteiger partial charge in [-0.25, -0.2) is 0 Å². The fraction of sp³-hybridized carbons (Fsp3) is 0. The summed E-state index contributed by atoms with van der Waals surface area (Å²) in [7, 11) is 0. The van der Waals surface area contributed by atoms with Crippen LogP contribution in [0.4, 0.5) is 0 Å². The van der Waals surface area contributed by atoms with Crippen molar-refractivity contribution in [1.82, 2.24) is 0 Å². The molecule has 8 aromatic carbocycles. The van der Waals surface area contributed by atoms with Gasteiger partial charge in [-0.3, -0.25) is 0 Å². The van der Waals surface area contributed by atoms with Crippen molar-refractivity contribution in [3.8, 4) is 0 Å². The molecule has 158 valence electrons. The van der Waals surface area contributed by atoms with Gasteiger partial charge in [0, 0.05) is 19.7 Å². The van der Waals surface area contributed by atoms with Gasteiger partial charge in [-0.15, -0.1) is 0 Å². The van der Waals surface area contributed by atoms with Crippen LogP contribution in [-0.4, -0.2) is 0 Å². The van der Waals surface area contributed by atoms with Crippen LogP contribution in [0.15, 0.2) is 106 Å². The minimum Gasteiger partial charge on any atom is -0.0616 e. The van der Waals surface area contributed by atoms with Crippen LogP contribution in [-0.2, 0) is 0 Å². The van der Waals surface area contributed by atoms with Gasteiger partial charge in [-0.1, -0.05) is 107 Å². The first-order valence-electron chi connectivity index (χ1n) is 11.4. The van der Waals surface area contributed by atoms with Crippen LogP contribution < -0.4 is 0 Å². The second-order valence-corrected chi connectivity index (χ2v) is 10.8. The number of rotatable bonds is 0. The molecule has 0 heterocycles. The third-order valence-corrected chi connectivity index (χ3v) is 8.97. The summed E-state index contributed by atoms with van der Waals surface area (Å²) in [6.45, 7) is 0. The van der Waals surface area contributed by atoms with E-state index < -0.39 is 0 Å². The van der Waals surface area contributed by atoms with Gasteiger partial charge in [-0.2, -0.15) is 0 Å². The summed E-state index contributed by atoms with van der Waals surface area (Å²) in [6.07, 6.45) is 0. The predicted octanol–water partition coefficient (Wildman–Crippen LogP) is 10.7. The lowest BCUT2D eigenvalue weighted by atomic mass is 9.84. The standard InChI is InChI=1S/C32H16Br2/c33-25-16-12-19-11-15-24-31-26(19)29(25)22-13-9-17-5-1-3-7-20(17)27(22)30(31)23-14-10-18-6-2-4-8-21(18)28(23)32(24)34/h1-16H. The Morgan fingerprint density at radius 2 is 0.853 bits per heavy atom. The van der Waals surface area contributed by atoms with E-state index in [1.165, 1.54) is 79.9 Å². The number of halogens is 2. The van der Waals surface area contributed by atoms with Gasteiger partial charge in [0.25, 0.3) is 0 Å². The highest BCUT2D eigenvalue weighted by atomic mass is 79.9. The molecule has 0 aliphatic rings. The Hall–Kier alpha value is -3.20. The van der Waals surface area contributed by atoms with E-state index in [9.17, 15) is 0 Å². The second kappa shape index (κ2) is 6.69. The molecular formula is C32H16Br2. The number of fused-ring (bicyclic) bond motifs is 9. The van der Waals surface area contributed by atoms with Crippen molar-refractivity contribution >= 4 is 107 Å². The fourth-order valence-corrected chi connectivity index (χ4v) is 7.39. The monoisotopic (exact) mass is 558 g/mol. The molecule has 0 bridgehead atoms. The van der Waals surface area contributed by atoms with Gasteiger partial charge < -0.3 is 0 Å². The normalized spacial score (nSPS) is 12.4. The largest absolute Gasteiger partial charge is 0.0616 e. The quantitative estimate of drug-likeness (QED) is 0.128. The first-order chi connectivity index (χ1) is 16.7. The van der Waals surface area contributed by atoms with Crippen LogP contribution in [0.5, 0.6) is 0 Å². The summed E-state index contributed by atoms with van der Waals surface area (Å²) in [6, 6.07) is 35.7. The Morgan fingerprint density at radius 3 is 1.59 bits per heavy atom. The molecule has 0 aliphatic heterocycles. The molecule has 0 aliphatic carbocycles. The highest BCUT2D eigenvalue weighted by Crippen LogP contribution is 2.50. The van der Waals surface area contributed by atoms with Crippen molar-refractivity contribution in [1.29, 1.82) is 0 Å². The molecule has 8 aromatic rings. The molecule has 0 unspecified atom stereocenters. The zero-order valence-corrected chi connectivity index (χ0v) is 21.2. The first-order valence-corrected chi connectivity index (χ1v) is 13.0. The molecule has 0 radical (unpaired) electrons. The van der Waals surface area contributed by atoms with Gasteiger partial charge in [0.1, 0.15) is 0 Å². The molecule has 0 saturated heterocycles. The molecule has 0 N–H and O–H groups in total. The Balaban J connectivity index is 1.86. The summed E-state index contributed by atoms with van der Waals surface area (Å²) in [5.74, 6) is 0. The highest BCUT2D eigenvalue weighted by Gasteiger charge is 2.21. The van der Waals surface area contributed by atoms with Gasteiger partial charge in [-0.05, 0) is 86.6 Å². The van der Waals surface area contributed by atoms with E-state index in [1.54, 1.807) is 0 Å². The van der Waals surface area contributed by atoms with Crippen LogP contribution in [0.25, 0.3) is 75.4 Å². The molecule has 0 aromatic heterocycles. The van der Waals surface area contributed by atoms with Crippen molar-refractivity contribution in [2.75, 3.05) is 0 Å². The van der Waals surface area contributed by atoms with E-state index in [0.717, 1.165) is 4.47 Å². The lowest BCUT2D eigenvalue weighted by molar-refractivity contribution is 1.76. The molecule has 0 amide bonds. The summed E-state index contributed by atoms with van der Waals surface area (Å²) in [5, 5.41) is 18.2. The third kappa shape index (κ3) is 2.28. The molecule has 2 heteroatoms. The van der Waals surface area contributed by atoms with Crippen LogP contribution in [0.3, 0.4) is 0 Å². The minimum atomic E-state index is 1.14. The van der Waals surface area contributed by atoms with Crippen LogP contribution >= 0.6 is 31.9 Å². The van der Waals surface area contributed by atoms with Crippen LogP contribution in [0, 0.1) is 0 Å². The predicted molar refractivity (Wildman–Crippen MR) is 156 cm³/mol. The Morgan fingerprint density at radius 1 is 0.324 bits per heavy atom. The lowest BCUT2D eigenvalue weighted by Crippen LogP contribution is -1.92. The third-order valence-electron chi connectivity index (χ3n) is 7.49. The molecule has 0 spiro atoms. The summed E-state index contributed by atoms with van der Waals surface area (Å²) < 4.78 is 2.32. The number of hydrogen-bond donors (Lipinski definition) is 0. The second-order valence-electron chi connectivity index (χ2n) is 9.12. The van der Waals surface area contributed by atoms with Crippen molar-refractivity contribution in [2.24, 2.45) is 0 Å². The molecular weight excluding hydrogens is 544 g/mol. The topological polar surface area (TPSA) is 0 Å². The average Bonchev–Trinajstić information content (AvgIpc) is 2.88. The smallest absolute Gasteiger partial charge is 0.0339 e. The maximum Gasteiger partial charge on any atom is 0.0339 e. The van der Waals surface area contributed by atoms with E-state index in [4.69, 9.17) is 0 Å². The lowest BCUT2D eigenvalue weighted by Gasteiger charge is -2.20. The summed E-state index contributed by atoms with van der Waals surface area (Å²) in [4.78, 5) is 0. The number of benzene rings is 8. The molecule has 0 saturated carbocycles. The maximum atomic E-state index is 4.07. The van der Waals surface area contributed by atoms with Gasteiger partial charge >= 0.3 is 0 Å². The minimum absolute atomic E-state index is 1.14. The first kappa shape index (κ1) is 19.1. The maximum absolute atomic E-state index is 4.07. The zero-order chi connectivity index (χ0) is 22.6. The number of hydrogen-bond acceptors (Lipinski definition) is 0. The Labute approximate surface area is 212 Å². The van der Waals surface area contributed by atoms with Crippen molar-refractivity contribution < 1.29 is 0 Å². The van der Waals surface area contributed by atoms with Crippen LogP contribution in [0.1, 0.15) is 0 Å². The Kier molecular flexibility index (Phi) is 3.76.